The van der Waals surface area contributed by atoms with Crippen molar-refractivity contribution in [3.05, 3.63) is 94.2 Å². The van der Waals surface area contributed by atoms with Crippen LogP contribution >= 0.6 is 15.9 Å². The minimum Gasteiger partial charge on any atom is -0.461 e. The van der Waals surface area contributed by atoms with Gasteiger partial charge in [-0.25, -0.2) is 4.79 Å². The first kappa shape index (κ1) is 34.0. The summed E-state index contributed by atoms with van der Waals surface area (Å²) in [5.41, 5.74) is 2.29. The van der Waals surface area contributed by atoms with Crippen LogP contribution in [-0.4, -0.2) is 48.8 Å². The topological polar surface area (TPSA) is 124 Å². The Morgan fingerprint density at radius 3 is 2.25 bits per heavy atom. The smallest absolute Gasteiger partial charge is 0.407 e. The van der Waals surface area contributed by atoms with Crippen molar-refractivity contribution in [3.8, 4) is 0 Å². The molecule has 0 bridgehead atoms. The van der Waals surface area contributed by atoms with Crippen molar-refractivity contribution < 1.29 is 28.7 Å². The van der Waals surface area contributed by atoms with E-state index >= 15 is 0 Å². The third kappa shape index (κ3) is 13.7. The van der Waals surface area contributed by atoms with Gasteiger partial charge in [-0.15, -0.1) is 0 Å². The number of amides is 1. The average Bonchev–Trinajstić information content (AvgIpc) is 2.95. The van der Waals surface area contributed by atoms with Crippen molar-refractivity contribution >= 4 is 46.3 Å². The van der Waals surface area contributed by atoms with Gasteiger partial charge in [0.15, 0.2) is 0 Å². The van der Waals surface area contributed by atoms with Gasteiger partial charge in [0.05, 0.1) is 0 Å². The minimum atomic E-state index is -0.515. The maximum atomic E-state index is 12.3. The highest BCUT2D eigenvalue weighted by molar-refractivity contribution is 9.10. The number of rotatable bonds is 9. The predicted octanol–water partition coefficient (Wildman–Crippen LogP) is 5.97. The zero-order valence-corrected chi connectivity index (χ0v) is 24.8. The Kier molecular flexibility index (Phi) is 15.5. The highest BCUT2D eigenvalue weighted by Gasteiger charge is 2.16. The fourth-order valence-electron chi connectivity index (χ4n) is 3.10. The van der Waals surface area contributed by atoms with Crippen LogP contribution in [0.15, 0.2) is 77.4 Å². The van der Waals surface area contributed by atoms with E-state index in [1.54, 1.807) is 58.3 Å². The summed E-state index contributed by atoms with van der Waals surface area (Å²) < 4.78 is 11.1. The van der Waals surface area contributed by atoms with Crippen molar-refractivity contribution in [2.75, 3.05) is 18.9 Å². The third-order valence-electron chi connectivity index (χ3n) is 4.86. The summed E-state index contributed by atoms with van der Waals surface area (Å²) in [6.45, 7) is 8.06. The van der Waals surface area contributed by atoms with Gasteiger partial charge in [-0.05, 0) is 63.1 Å². The van der Waals surface area contributed by atoms with Gasteiger partial charge in [-0.3, -0.25) is 14.6 Å². The molecule has 1 amide bonds. The summed E-state index contributed by atoms with van der Waals surface area (Å²) in [5.74, 6) is -0.360. The van der Waals surface area contributed by atoms with E-state index in [0.717, 1.165) is 15.7 Å². The zero-order valence-electron chi connectivity index (χ0n) is 23.2. The summed E-state index contributed by atoms with van der Waals surface area (Å²) >= 11 is 3.37. The van der Waals surface area contributed by atoms with E-state index in [4.69, 9.17) is 14.3 Å². The van der Waals surface area contributed by atoms with Gasteiger partial charge in [0.25, 0.3) is 0 Å². The largest absolute Gasteiger partial charge is 0.461 e. The number of nitrogens with one attached hydrogen (secondary N) is 2. The molecule has 2 aromatic carbocycles. The number of anilines is 1. The molecular formula is C30H36BrN3O6. The molecule has 40 heavy (non-hydrogen) atoms. The summed E-state index contributed by atoms with van der Waals surface area (Å²) in [7, 11) is 1.79. The summed E-state index contributed by atoms with van der Waals surface area (Å²) in [6.07, 6.45) is 1.93. The van der Waals surface area contributed by atoms with E-state index in [2.05, 4.69) is 31.5 Å². The summed E-state index contributed by atoms with van der Waals surface area (Å²) in [4.78, 5) is 47.2. The lowest BCUT2D eigenvalue weighted by Gasteiger charge is -2.19. The minimum absolute atomic E-state index is 0.0868. The van der Waals surface area contributed by atoms with Crippen molar-refractivity contribution in [1.82, 2.24) is 10.3 Å². The average molecular weight is 615 g/mol. The molecule has 1 heterocycles. The predicted molar refractivity (Wildman–Crippen MR) is 158 cm³/mol. The number of halogens is 1. The van der Waals surface area contributed by atoms with E-state index in [-0.39, 0.29) is 24.8 Å². The molecule has 3 rings (SSSR count). The van der Waals surface area contributed by atoms with Crippen molar-refractivity contribution in [1.29, 1.82) is 0 Å². The number of carbonyl (C=O) groups is 4. The third-order valence-corrected chi connectivity index (χ3v) is 5.35. The molecule has 0 spiro atoms. The van der Waals surface area contributed by atoms with E-state index in [9.17, 15) is 14.4 Å². The maximum Gasteiger partial charge on any atom is 0.407 e. The van der Waals surface area contributed by atoms with E-state index < -0.39 is 11.7 Å². The van der Waals surface area contributed by atoms with Crippen LogP contribution in [0.2, 0.25) is 0 Å². The SMILES string of the molecule is C=O.CC(C)(C)OC(=O)NCCCC(=O)OCc1ccccc1.CNc1ccc(Br)cc1C(=O)c1ccccn1. The second-order valence-corrected chi connectivity index (χ2v) is 10.1. The number of carbonyl (C=O) groups excluding carboxylic acids is 4. The number of ketones is 1. The number of ether oxygens (including phenoxy) is 2. The number of hydrogen-bond acceptors (Lipinski definition) is 8. The van der Waals surface area contributed by atoms with Crippen molar-refractivity contribution in [2.24, 2.45) is 0 Å². The number of esters is 1. The molecule has 0 saturated carbocycles. The Balaban J connectivity index is 0.000000383. The van der Waals surface area contributed by atoms with Crippen molar-refractivity contribution in [3.63, 3.8) is 0 Å². The second kappa shape index (κ2) is 18.3. The quantitative estimate of drug-likeness (QED) is 0.172. The normalized spacial score (nSPS) is 10.0. The Labute approximate surface area is 243 Å². The maximum absolute atomic E-state index is 12.3. The second-order valence-electron chi connectivity index (χ2n) is 9.16. The highest BCUT2D eigenvalue weighted by atomic mass is 79.9. The van der Waals surface area contributed by atoms with E-state index in [1.807, 2.05) is 49.3 Å². The van der Waals surface area contributed by atoms with Crippen LogP contribution in [0.1, 0.15) is 55.2 Å². The van der Waals surface area contributed by atoms with Gasteiger partial charge in [0, 0.05) is 41.9 Å². The van der Waals surface area contributed by atoms with Crippen molar-refractivity contribution in [2.45, 2.75) is 45.8 Å². The van der Waals surface area contributed by atoms with Gasteiger partial charge in [-0.1, -0.05) is 52.3 Å². The van der Waals surface area contributed by atoms with Crippen LogP contribution in [0.25, 0.3) is 0 Å². The highest BCUT2D eigenvalue weighted by Crippen LogP contribution is 2.23. The van der Waals surface area contributed by atoms with E-state index in [1.165, 1.54) is 0 Å². The van der Waals surface area contributed by atoms with Crippen LogP contribution in [0.4, 0.5) is 10.5 Å². The summed E-state index contributed by atoms with van der Waals surface area (Å²) in [5, 5.41) is 5.60. The first-order valence-electron chi connectivity index (χ1n) is 12.5. The molecule has 3 aromatic rings. The van der Waals surface area contributed by atoms with E-state index in [0.29, 0.717) is 24.2 Å². The first-order chi connectivity index (χ1) is 19.1. The molecule has 0 fully saturated rings. The van der Waals surface area contributed by atoms with Gasteiger partial charge in [-0.2, -0.15) is 0 Å². The van der Waals surface area contributed by atoms with Crippen LogP contribution < -0.4 is 10.6 Å². The Bertz CT molecular complexity index is 1200. The molecule has 0 aliphatic rings. The standard InChI is InChI=1S/C16H23NO4.C13H11BrN2O.CH2O/c1-16(2,3)21-15(19)17-11-7-10-14(18)20-12-13-8-5-4-6-9-13;1-15-11-6-5-9(14)8-10(11)13(17)12-4-2-3-7-16-12;1-2/h4-6,8-9H,7,10-12H2,1-3H3,(H,17,19);2-8,15H,1H3;1H2. The lowest BCUT2D eigenvalue weighted by molar-refractivity contribution is -0.145. The Morgan fingerprint density at radius 1 is 0.975 bits per heavy atom. The van der Waals surface area contributed by atoms with Crippen LogP contribution in [0, 0.1) is 0 Å². The van der Waals surface area contributed by atoms with Gasteiger partial charge < -0.3 is 24.9 Å². The molecule has 2 N–H and O–H groups in total. The molecule has 214 valence electrons. The number of nitrogens with zero attached hydrogens (tertiary/aromatic N) is 1. The van der Waals surface area contributed by atoms with Crippen LogP contribution in [0.3, 0.4) is 0 Å². The number of pyridine rings is 1. The van der Waals surface area contributed by atoms with Crippen LogP contribution in [0.5, 0.6) is 0 Å². The number of benzene rings is 2. The summed E-state index contributed by atoms with van der Waals surface area (Å²) in [6, 6.07) is 20.4. The fourth-order valence-corrected chi connectivity index (χ4v) is 3.47. The fraction of sp³-hybridized carbons (Fsp3) is 0.300. The molecule has 0 aliphatic heterocycles. The molecule has 0 radical (unpaired) electrons. The zero-order chi connectivity index (χ0) is 30.0. The molecule has 1 aromatic heterocycles. The number of aromatic nitrogens is 1. The van der Waals surface area contributed by atoms with Gasteiger partial charge in [0.2, 0.25) is 5.78 Å². The monoisotopic (exact) mass is 613 g/mol. The Morgan fingerprint density at radius 2 is 1.65 bits per heavy atom. The molecule has 0 aliphatic carbocycles. The lowest BCUT2D eigenvalue weighted by atomic mass is 10.1. The van der Waals surface area contributed by atoms with Gasteiger partial charge >= 0.3 is 12.1 Å². The molecule has 10 heteroatoms. The van der Waals surface area contributed by atoms with Gasteiger partial charge in [0.1, 0.15) is 24.7 Å². The molecule has 0 atom stereocenters. The molecular weight excluding hydrogens is 578 g/mol. The first-order valence-corrected chi connectivity index (χ1v) is 13.3. The number of alkyl carbamates (subject to hydrolysis) is 1. The molecule has 0 unspecified atom stereocenters. The van der Waals surface area contributed by atoms with Crippen LogP contribution in [-0.2, 0) is 25.7 Å². The molecule has 9 nitrogen and oxygen atoms in total. The molecule has 0 saturated heterocycles. The Hall–Kier alpha value is -4.05. The lowest BCUT2D eigenvalue weighted by Crippen LogP contribution is -2.33. The number of hydrogen-bond donors (Lipinski definition) is 2.